The molecule has 0 fully saturated rings. The van der Waals surface area contributed by atoms with Crippen LogP contribution < -0.4 is 20.2 Å². The summed E-state index contributed by atoms with van der Waals surface area (Å²) >= 11 is 5.79. The quantitative estimate of drug-likeness (QED) is 0.536. The Morgan fingerprint density at radius 1 is 1.15 bits per heavy atom. The maximum atomic E-state index is 12.0. The second kappa shape index (κ2) is 10.2. The molecule has 0 aromatic heterocycles. The van der Waals surface area contributed by atoms with Crippen molar-refractivity contribution in [1.29, 1.82) is 0 Å². The first-order valence-corrected chi connectivity index (χ1v) is 8.57. The molecule has 8 heteroatoms. The van der Waals surface area contributed by atoms with Crippen LogP contribution in [0.25, 0.3) is 0 Å². The van der Waals surface area contributed by atoms with E-state index < -0.39 is 0 Å². The van der Waals surface area contributed by atoms with Gasteiger partial charge in [-0.1, -0.05) is 11.6 Å². The van der Waals surface area contributed by atoms with E-state index in [-0.39, 0.29) is 18.4 Å². The summed E-state index contributed by atoms with van der Waals surface area (Å²) in [5.74, 6) is 0.324. The van der Waals surface area contributed by atoms with Gasteiger partial charge in [0.2, 0.25) is 0 Å². The minimum Gasteiger partial charge on any atom is -0.493 e. The van der Waals surface area contributed by atoms with Crippen molar-refractivity contribution < 1.29 is 19.1 Å². The fourth-order valence-corrected chi connectivity index (χ4v) is 2.23. The number of methoxy groups -OCH3 is 1. The van der Waals surface area contributed by atoms with Crippen LogP contribution in [0, 0.1) is 0 Å². The highest BCUT2D eigenvalue weighted by atomic mass is 35.5. The van der Waals surface area contributed by atoms with Crippen molar-refractivity contribution in [2.45, 2.75) is 6.92 Å². The van der Waals surface area contributed by atoms with E-state index in [9.17, 15) is 9.59 Å². The molecule has 0 unspecified atom stereocenters. The van der Waals surface area contributed by atoms with Crippen LogP contribution >= 0.6 is 11.6 Å². The van der Waals surface area contributed by atoms with E-state index in [1.807, 2.05) is 6.92 Å². The summed E-state index contributed by atoms with van der Waals surface area (Å²) in [5, 5.41) is 7.12. The number of hydrazone groups is 1. The van der Waals surface area contributed by atoms with Crippen molar-refractivity contribution in [1.82, 2.24) is 10.7 Å². The van der Waals surface area contributed by atoms with Crippen LogP contribution in [0.4, 0.5) is 0 Å². The molecule has 0 aliphatic rings. The molecule has 0 saturated carbocycles. The minimum absolute atomic E-state index is 0.102. The Kier molecular flexibility index (Phi) is 7.63. The molecule has 27 heavy (non-hydrogen) atoms. The molecule has 0 aliphatic heterocycles. The van der Waals surface area contributed by atoms with Crippen LogP contribution in [0.5, 0.6) is 11.5 Å². The molecular weight excluding hydrogens is 370 g/mol. The van der Waals surface area contributed by atoms with Gasteiger partial charge in [0, 0.05) is 17.1 Å². The maximum Gasteiger partial charge on any atom is 0.271 e. The third-order valence-corrected chi connectivity index (χ3v) is 3.66. The van der Waals surface area contributed by atoms with E-state index in [0.717, 1.165) is 0 Å². The lowest BCUT2D eigenvalue weighted by Gasteiger charge is -2.11. The van der Waals surface area contributed by atoms with Gasteiger partial charge in [0.15, 0.2) is 18.1 Å². The van der Waals surface area contributed by atoms with Crippen molar-refractivity contribution >= 4 is 29.6 Å². The monoisotopic (exact) mass is 389 g/mol. The summed E-state index contributed by atoms with van der Waals surface area (Å²) in [6, 6.07) is 11.6. The molecule has 0 bridgehead atoms. The minimum atomic E-state index is -0.350. The number of carbonyl (C=O) groups excluding carboxylic acids is 2. The molecular formula is C19H20ClN3O4. The predicted molar refractivity (Wildman–Crippen MR) is 104 cm³/mol. The normalized spacial score (nSPS) is 10.5. The zero-order valence-electron chi connectivity index (χ0n) is 15.0. The van der Waals surface area contributed by atoms with Crippen LogP contribution in [0.1, 0.15) is 22.8 Å². The first kappa shape index (κ1) is 20.3. The van der Waals surface area contributed by atoms with E-state index in [1.54, 1.807) is 42.5 Å². The number of rotatable bonds is 8. The number of nitrogens with zero attached hydrogens (tertiary/aromatic N) is 1. The highest BCUT2D eigenvalue weighted by molar-refractivity contribution is 6.30. The van der Waals surface area contributed by atoms with Gasteiger partial charge in [-0.05, 0) is 55.0 Å². The smallest absolute Gasteiger partial charge is 0.271 e. The van der Waals surface area contributed by atoms with Crippen molar-refractivity contribution in [3.8, 4) is 11.5 Å². The van der Waals surface area contributed by atoms with Gasteiger partial charge in [0.25, 0.3) is 11.8 Å². The van der Waals surface area contributed by atoms with E-state index in [4.69, 9.17) is 21.1 Å². The van der Waals surface area contributed by atoms with Crippen LogP contribution in [0.3, 0.4) is 0 Å². The second-order valence-electron chi connectivity index (χ2n) is 5.36. The molecule has 2 rings (SSSR count). The summed E-state index contributed by atoms with van der Waals surface area (Å²) in [5.41, 5.74) is 3.57. The zero-order chi connectivity index (χ0) is 19.6. The SMILES string of the molecule is CCNC(=O)COc1ccc(/C=N\NC(=O)c2ccc(Cl)cc2)cc1OC. The maximum absolute atomic E-state index is 12.0. The number of carbonyl (C=O) groups is 2. The number of amides is 2. The molecule has 2 amide bonds. The number of ether oxygens (including phenoxy) is 2. The fourth-order valence-electron chi connectivity index (χ4n) is 2.11. The van der Waals surface area contributed by atoms with Crippen molar-refractivity contribution in [2.24, 2.45) is 5.10 Å². The van der Waals surface area contributed by atoms with Crippen molar-refractivity contribution in [3.63, 3.8) is 0 Å². The first-order chi connectivity index (χ1) is 13.0. The predicted octanol–water partition coefficient (Wildman–Crippen LogP) is 2.63. The van der Waals surface area contributed by atoms with Gasteiger partial charge < -0.3 is 14.8 Å². The summed E-state index contributed by atoms with van der Waals surface area (Å²) in [7, 11) is 1.50. The Bertz CT molecular complexity index is 822. The number of hydrogen-bond donors (Lipinski definition) is 2. The first-order valence-electron chi connectivity index (χ1n) is 8.20. The molecule has 142 valence electrons. The summed E-state index contributed by atoms with van der Waals surface area (Å²) in [6.45, 7) is 2.27. The van der Waals surface area contributed by atoms with E-state index in [2.05, 4.69) is 15.8 Å². The fraction of sp³-hybridized carbons (Fsp3) is 0.211. The summed E-state index contributed by atoms with van der Waals surface area (Å²) in [6.07, 6.45) is 1.48. The van der Waals surface area contributed by atoms with Gasteiger partial charge in [-0.15, -0.1) is 0 Å². The summed E-state index contributed by atoms with van der Waals surface area (Å²) < 4.78 is 10.7. The van der Waals surface area contributed by atoms with Crippen LogP contribution in [0.15, 0.2) is 47.6 Å². The molecule has 0 atom stereocenters. The molecule has 2 N–H and O–H groups in total. The van der Waals surface area contributed by atoms with Gasteiger partial charge in [-0.2, -0.15) is 5.10 Å². The Morgan fingerprint density at radius 2 is 1.89 bits per heavy atom. The van der Waals surface area contributed by atoms with E-state index in [0.29, 0.717) is 34.2 Å². The lowest BCUT2D eigenvalue weighted by Crippen LogP contribution is -2.28. The van der Waals surface area contributed by atoms with Gasteiger partial charge in [-0.3, -0.25) is 9.59 Å². The van der Waals surface area contributed by atoms with Crippen LogP contribution in [-0.2, 0) is 4.79 Å². The van der Waals surface area contributed by atoms with Crippen LogP contribution in [-0.4, -0.2) is 38.3 Å². The zero-order valence-corrected chi connectivity index (χ0v) is 15.7. The van der Waals surface area contributed by atoms with Gasteiger partial charge in [0.05, 0.1) is 13.3 Å². The Balaban J connectivity index is 1.97. The number of benzene rings is 2. The third-order valence-electron chi connectivity index (χ3n) is 3.41. The Labute approximate surface area is 162 Å². The molecule has 2 aromatic carbocycles. The number of likely N-dealkylation sites (N-methyl/N-ethyl adjacent to an activating group) is 1. The molecule has 0 heterocycles. The van der Waals surface area contributed by atoms with E-state index in [1.165, 1.54) is 13.3 Å². The third kappa shape index (κ3) is 6.31. The Morgan fingerprint density at radius 3 is 2.56 bits per heavy atom. The van der Waals surface area contributed by atoms with Gasteiger partial charge in [0.1, 0.15) is 0 Å². The van der Waals surface area contributed by atoms with E-state index >= 15 is 0 Å². The molecule has 2 aromatic rings. The van der Waals surface area contributed by atoms with Crippen molar-refractivity contribution in [3.05, 3.63) is 58.6 Å². The lowest BCUT2D eigenvalue weighted by atomic mass is 10.2. The topological polar surface area (TPSA) is 89.0 Å². The van der Waals surface area contributed by atoms with Gasteiger partial charge in [-0.25, -0.2) is 5.43 Å². The van der Waals surface area contributed by atoms with Gasteiger partial charge >= 0.3 is 0 Å². The highest BCUT2D eigenvalue weighted by Crippen LogP contribution is 2.27. The molecule has 0 spiro atoms. The second-order valence-corrected chi connectivity index (χ2v) is 5.79. The Hall–Kier alpha value is -3.06. The molecule has 0 radical (unpaired) electrons. The number of nitrogens with one attached hydrogen (secondary N) is 2. The summed E-state index contributed by atoms with van der Waals surface area (Å²) in [4.78, 5) is 23.5. The standard InChI is InChI=1S/C19H20ClN3O4/c1-3-21-18(24)12-27-16-9-4-13(10-17(16)26-2)11-22-23-19(25)14-5-7-15(20)8-6-14/h4-11H,3,12H2,1-2H3,(H,21,24)(H,23,25)/b22-11-. The number of hydrogen-bond acceptors (Lipinski definition) is 5. The average molecular weight is 390 g/mol. The van der Waals surface area contributed by atoms with Crippen molar-refractivity contribution in [2.75, 3.05) is 20.3 Å². The average Bonchev–Trinajstić information content (AvgIpc) is 2.67. The largest absolute Gasteiger partial charge is 0.493 e. The van der Waals surface area contributed by atoms with Crippen LogP contribution in [0.2, 0.25) is 5.02 Å². The number of halogens is 1. The highest BCUT2D eigenvalue weighted by Gasteiger charge is 2.08. The lowest BCUT2D eigenvalue weighted by molar-refractivity contribution is -0.123. The molecule has 0 saturated heterocycles. The molecule has 0 aliphatic carbocycles. The molecule has 7 nitrogen and oxygen atoms in total.